The summed E-state index contributed by atoms with van der Waals surface area (Å²) in [5.74, 6) is -1.75. The summed E-state index contributed by atoms with van der Waals surface area (Å²) in [6.45, 7) is 12.5. The molecule has 4 heterocycles. The van der Waals surface area contributed by atoms with Crippen molar-refractivity contribution in [2.24, 2.45) is 15.4 Å². The molecule has 0 aromatic heterocycles. The maximum atomic E-state index is 14.3. The van der Waals surface area contributed by atoms with Crippen molar-refractivity contribution in [3.05, 3.63) is 144 Å². The molecule has 6 N–H and O–H groups in total. The smallest absolute Gasteiger partial charge is 0.265 e. The van der Waals surface area contributed by atoms with Gasteiger partial charge in [-0.25, -0.2) is 9.98 Å². The molecule has 18 nitrogen and oxygen atoms in total. The van der Waals surface area contributed by atoms with Crippen LogP contribution in [0.4, 0.5) is 28.4 Å². The Hall–Kier alpha value is -8.08. The molecule has 4 aromatic rings. The monoisotopic (exact) mass is 1250 g/mol. The minimum atomic E-state index is -1.08. The van der Waals surface area contributed by atoms with Gasteiger partial charge in [-0.15, -0.1) is 0 Å². The van der Waals surface area contributed by atoms with Crippen molar-refractivity contribution >= 4 is 110 Å². The van der Waals surface area contributed by atoms with Crippen LogP contribution in [0.3, 0.4) is 0 Å². The zero-order chi connectivity index (χ0) is 63.1. The van der Waals surface area contributed by atoms with Crippen molar-refractivity contribution in [3.8, 4) is 17.6 Å². The fourth-order valence-electron chi connectivity index (χ4n) is 13.0. The van der Waals surface area contributed by atoms with E-state index in [9.17, 15) is 34.3 Å². The molecule has 2 spiro atoms. The number of carbonyl (C=O) groups is 5. The Morgan fingerprint density at radius 3 is 2.20 bits per heavy atom. The highest BCUT2D eigenvalue weighted by Gasteiger charge is 2.54. The van der Waals surface area contributed by atoms with Gasteiger partial charge in [0.2, 0.25) is 17.6 Å². The summed E-state index contributed by atoms with van der Waals surface area (Å²) in [4.78, 5) is 82.8. The van der Waals surface area contributed by atoms with Crippen LogP contribution in [0.1, 0.15) is 130 Å². The first kappa shape index (κ1) is 63.0. The fraction of sp³-hybridized carbons (Fsp3) is 0.388. The zero-order valence-electron chi connectivity index (χ0n) is 50.5. The summed E-state index contributed by atoms with van der Waals surface area (Å²) in [5, 5.41) is 41.9. The van der Waals surface area contributed by atoms with Crippen molar-refractivity contribution in [2.45, 2.75) is 136 Å². The molecule has 0 radical (unpaired) electrons. The molecule has 2 saturated heterocycles. The summed E-state index contributed by atoms with van der Waals surface area (Å²) in [7, 11) is 3.66. The summed E-state index contributed by atoms with van der Waals surface area (Å²) in [6, 6.07) is 17.4. The number of aliphatic imine (C=N–C) groups is 2. The van der Waals surface area contributed by atoms with E-state index in [4.69, 9.17) is 59.7 Å². The van der Waals surface area contributed by atoms with E-state index in [1.54, 1.807) is 25.2 Å². The zero-order valence-corrected chi connectivity index (χ0v) is 52.8. The second kappa shape index (κ2) is 25.6. The number of ketones is 1. The molecule has 11 rings (SSSR count). The minimum absolute atomic E-state index is 0.0511. The number of Topliss-reactive ketones (excluding diaryl/α,β-unsaturated/α-hetero) is 1. The Kier molecular flexibility index (Phi) is 18.3. The molecule has 21 heteroatoms. The number of hydrogen-bond donors (Lipinski definition) is 6. The van der Waals surface area contributed by atoms with Crippen LogP contribution in [-0.2, 0) is 29.3 Å². The van der Waals surface area contributed by atoms with Gasteiger partial charge in [0.25, 0.3) is 11.8 Å². The van der Waals surface area contributed by atoms with Gasteiger partial charge >= 0.3 is 0 Å². The first-order chi connectivity index (χ1) is 42.0. The van der Waals surface area contributed by atoms with Crippen LogP contribution < -0.4 is 30.9 Å². The predicted molar refractivity (Wildman–Crippen MR) is 344 cm³/mol. The third kappa shape index (κ3) is 11.9. The number of carbonyl (C=O) groups excluding carboxylic acids is 5. The van der Waals surface area contributed by atoms with E-state index in [1.165, 1.54) is 18.2 Å². The van der Waals surface area contributed by atoms with E-state index in [0.717, 1.165) is 55.3 Å². The molecule has 88 heavy (non-hydrogen) atoms. The third-order valence-corrected chi connectivity index (χ3v) is 19.0. The molecule has 4 aromatic carbocycles. The molecule has 1 saturated carbocycles. The van der Waals surface area contributed by atoms with Gasteiger partial charge in [-0.2, -0.15) is 5.26 Å². The highest BCUT2D eigenvalue weighted by atomic mass is 35.5. The number of benzene rings is 4. The molecule has 4 aliphatic heterocycles. The maximum absolute atomic E-state index is 14.3. The standard InChI is InChI=1S/C39H45N5O4.C28H26Cl3N5O4/c1-6-32(48-33-16-11-23(2)19-24(33)3)37(46)42-31-21-30(35-34(36(31)45)39(38(47)43-35)17-9-7-8-10-18-39)41-29-15-14-28(20-27(29)22-40)44-25(4)12-13-26(44)5;1-13-16(29)12-17(30)23(22(13)31)34-26(38)15-11-19(33-18-5-4-14(32)10-20(18)36(2)3)24-21(25(15)37)28(27(39)35-24)6-8-40-9-7-28/h11,14-16,19-21,25-26,32H,6-10,12-13,17-18H2,1-5H3,(H,42,46)(H,43,47);4-5,10-12,32,37H,6-9H2,1-3H3,(H,34,38)(H,35,39). The van der Waals surface area contributed by atoms with Crippen molar-refractivity contribution in [2.75, 3.05) is 42.8 Å². The van der Waals surface area contributed by atoms with Crippen LogP contribution >= 0.6 is 34.8 Å². The SMILES string of the molecule is CCC(Oc1ccc(C)cc1C)C(=O)NC1=CC(=Nc2ccc(N3C(C)CCC3C)cc2C#N)C2=C(C1=O)C1(CCCCCC1)C(=O)N2.Cc1c(Cl)cc(Cl)c(NC(=O)c2cc(N=C3C=CC(=N)C=C3N(C)C)c3c(c2O)C2(CCOCC2)C(=O)N3)c1Cl. The van der Waals surface area contributed by atoms with Crippen LogP contribution in [0, 0.1) is 42.9 Å². The largest absolute Gasteiger partial charge is 0.507 e. The van der Waals surface area contributed by atoms with Crippen molar-refractivity contribution in [3.63, 3.8) is 0 Å². The average Bonchev–Trinajstić information content (AvgIpc) is 1.58. The van der Waals surface area contributed by atoms with Gasteiger partial charge in [0.15, 0.2) is 6.10 Å². The number of aromatic hydroxyl groups is 1. The molecule has 458 valence electrons. The van der Waals surface area contributed by atoms with Crippen LogP contribution in [0.15, 0.2) is 105 Å². The number of phenols is 1. The van der Waals surface area contributed by atoms with Gasteiger partial charge in [0.05, 0.1) is 89.0 Å². The summed E-state index contributed by atoms with van der Waals surface area (Å²) in [6.07, 6.45) is 13.6. The number of nitrogens with one attached hydrogen (secondary N) is 5. The maximum Gasteiger partial charge on any atom is 0.265 e. The summed E-state index contributed by atoms with van der Waals surface area (Å²) < 4.78 is 11.7. The highest BCUT2D eigenvalue weighted by molar-refractivity contribution is 6.43. The molecule has 4 amide bonds. The fourth-order valence-corrected chi connectivity index (χ4v) is 13.9. The molecule has 3 fully saturated rings. The lowest BCUT2D eigenvalue weighted by Gasteiger charge is -2.32. The number of phenolic OH excluding ortho intramolecular Hbond substituents is 1. The molecular weight excluding hydrogens is 1180 g/mol. The van der Waals surface area contributed by atoms with E-state index in [-0.39, 0.29) is 56.0 Å². The number of nitrogens with zero attached hydrogens (tertiary/aromatic N) is 5. The number of amides is 4. The van der Waals surface area contributed by atoms with Crippen LogP contribution in [0.2, 0.25) is 15.1 Å². The second-order valence-electron chi connectivity index (χ2n) is 23.9. The Balaban J connectivity index is 0.000000198. The quantitative estimate of drug-likeness (QED) is 0.0770. The summed E-state index contributed by atoms with van der Waals surface area (Å²) in [5.41, 5.74) is 5.82. The Morgan fingerprint density at radius 2 is 1.55 bits per heavy atom. The Bertz CT molecular complexity index is 3850. The molecule has 3 atom stereocenters. The van der Waals surface area contributed by atoms with Crippen LogP contribution in [0.5, 0.6) is 11.5 Å². The van der Waals surface area contributed by atoms with Gasteiger partial charge in [-0.1, -0.05) is 85.1 Å². The van der Waals surface area contributed by atoms with E-state index in [0.29, 0.717) is 130 Å². The van der Waals surface area contributed by atoms with Gasteiger partial charge in [0.1, 0.15) is 17.6 Å². The van der Waals surface area contributed by atoms with Gasteiger partial charge < -0.3 is 51.1 Å². The lowest BCUT2D eigenvalue weighted by atomic mass is 9.71. The van der Waals surface area contributed by atoms with Crippen molar-refractivity contribution in [1.82, 2.24) is 15.5 Å². The Labute approximate surface area is 527 Å². The molecule has 3 aliphatic carbocycles. The van der Waals surface area contributed by atoms with E-state index in [2.05, 4.69) is 46.1 Å². The minimum Gasteiger partial charge on any atom is -0.507 e. The lowest BCUT2D eigenvalue weighted by Crippen LogP contribution is -2.42. The highest BCUT2D eigenvalue weighted by Crippen LogP contribution is 2.54. The topological polar surface area (TPSA) is 251 Å². The predicted octanol–water partition coefficient (Wildman–Crippen LogP) is 12.8. The number of allylic oxidation sites excluding steroid dienone is 5. The average molecular weight is 1250 g/mol. The normalized spacial score (nSPS) is 21.2. The molecular formula is C67H71Cl3N10O8. The van der Waals surface area contributed by atoms with E-state index >= 15 is 0 Å². The van der Waals surface area contributed by atoms with Crippen molar-refractivity contribution < 1.29 is 38.6 Å². The molecule has 3 unspecified atom stereocenters. The lowest BCUT2D eigenvalue weighted by molar-refractivity contribution is -0.129. The van der Waals surface area contributed by atoms with E-state index in [1.807, 2.05) is 76.2 Å². The van der Waals surface area contributed by atoms with Crippen LogP contribution in [0.25, 0.3) is 0 Å². The number of nitriles is 1. The van der Waals surface area contributed by atoms with Crippen LogP contribution in [-0.4, -0.2) is 102 Å². The van der Waals surface area contributed by atoms with Gasteiger partial charge in [-0.3, -0.25) is 24.0 Å². The number of fused-ring (bicyclic) bond motifs is 3. The molecule has 7 aliphatic rings. The van der Waals surface area contributed by atoms with E-state index < -0.39 is 28.7 Å². The molecule has 0 bridgehead atoms. The number of anilines is 3. The van der Waals surface area contributed by atoms with Crippen molar-refractivity contribution in [1.29, 1.82) is 10.7 Å². The number of rotatable bonds is 11. The Morgan fingerprint density at radius 1 is 0.864 bits per heavy atom. The summed E-state index contributed by atoms with van der Waals surface area (Å²) >= 11 is 19.0. The van der Waals surface area contributed by atoms with Gasteiger partial charge in [0, 0.05) is 61.2 Å². The first-order valence-corrected chi connectivity index (χ1v) is 30.9. The first-order valence-electron chi connectivity index (χ1n) is 29.8. The van der Waals surface area contributed by atoms with Gasteiger partial charge in [-0.05, 0) is 151 Å². The number of ether oxygens (including phenoxy) is 2. The third-order valence-electron chi connectivity index (χ3n) is 17.8. The number of hydrogen-bond acceptors (Lipinski definition) is 14. The number of halogens is 3. The number of aryl methyl sites for hydroxylation is 2. The second-order valence-corrected chi connectivity index (χ2v) is 25.1.